The van der Waals surface area contributed by atoms with Crippen molar-refractivity contribution in [3.8, 4) is 17.2 Å². The number of nitrogens with zero attached hydrogens (tertiary/aromatic N) is 1. The summed E-state index contributed by atoms with van der Waals surface area (Å²) in [5, 5.41) is 12.8. The number of halogens is 1. The lowest BCUT2D eigenvalue weighted by Gasteiger charge is -2.17. The SMILES string of the molecule is CC(C)(O)CNCCOc1ccc(-n2ccc(OCc3ccc(F)cc3)cc2=O)cc1. The van der Waals surface area contributed by atoms with Crippen molar-refractivity contribution in [3.63, 3.8) is 0 Å². The molecule has 0 unspecified atom stereocenters. The molecule has 0 radical (unpaired) electrons. The van der Waals surface area contributed by atoms with E-state index in [0.717, 1.165) is 5.56 Å². The van der Waals surface area contributed by atoms with E-state index in [9.17, 15) is 14.3 Å². The number of aromatic nitrogens is 1. The Hall–Kier alpha value is -3.16. The van der Waals surface area contributed by atoms with Gasteiger partial charge in [-0.3, -0.25) is 9.36 Å². The minimum absolute atomic E-state index is 0.221. The van der Waals surface area contributed by atoms with E-state index < -0.39 is 5.60 Å². The van der Waals surface area contributed by atoms with Gasteiger partial charge < -0.3 is 19.9 Å². The summed E-state index contributed by atoms with van der Waals surface area (Å²) >= 11 is 0. The molecule has 0 spiro atoms. The highest BCUT2D eigenvalue weighted by Gasteiger charge is 2.10. The Morgan fingerprint density at radius 2 is 1.71 bits per heavy atom. The van der Waals surface area contributed by atoms with Gasteiger partial charge in [-0.1, -0.05) is 12.1 Å². The lowest BCUT2D eigenvalue weighted by molar-refractivity contribution is 0.0789. The topological polar surface area (TPSA) is 72.7 Å². The molecule has 7 heteroatoms. The van der Waals surface area contributed by atoms with Crippen LogP contribution in [0.2, 0.25) is 0 Å². The molecular weight excluding hydrogens is 399 g/mol. The van der Waals surface area contributed by atoms with Crippen LogP contribution in [0.4, 0.5) is 4.39 Å². The van der Waals surface area contributed by atoms with Crippen molar-refractivity contribution in [2.75, 3.05) is 19.7 Å². The molecule has 2 aromatic carbocycles. The van der Waals surface area contributed by atoms with Crippen LogP contribution in [0.3, 0.4) is 0 Å². The number of nitrogens with one attached hydrogen (secondary N) is 1. The van der Waals surface area contributed by atoms with Crippen LogP contribution in [-0.4, -0.2) is 35.0 Å². The minimum atomic E-state index is -0.754. The summed E-state index contributed by atoms with van der Waals surface area (Å²) in [4.78, 5) is 12.5. The van der Waals surface area contributed by atoms with Gasteiger partial charge in [-0.05, 0) is 61.9 Å². The Morgan fingerprint density at radius 1 is 1.00 bits per heavy atom. The number of hydrogen-bond donors (Lipinski definition) is 2. The van der Waals surface area contributed by atoms with Crippen LogP contribution in [0.25, 0.3) is 5.69 Å². The van der Waals surface area contributed by atoms with Crippen molar-refractivity contribution in [3.05, 3.63) is 88.6 Å². The standard InChI is InChI=1S/C24H27FN2O4/c1-24(2,29)17-26-12-14-30-21-9-7-20(8-10-21)27-13-11-22(15-23(27)28)31-16-18-3-5-19(25)6-4-18/h3-11,13,15,26,29H,12,14,16-17H2,1-2H3. The van der Waals surface area contributed by atoms with Crippen molar-refractivity contribution in [2.45, 2.75) is 26.1 Å². The van der Waals surface area contributed by atoms with Crippen molar-refractivity contribution in [1.82, 2.24) is 9.88 Å². The van der Waals surface area contributed by atoms with Gasteiger partial charge in [0.15, 0.2) is 0 Å². The van der Waals surface area contributed by atoms with Gasteiger partial charge in [-0.15, -0.1) is 0 Å². The van der Waals surface area contributed by atoms with E-state index in [1.54, 1.807) is 62.5 Å². The summed E-state index contributed by atoms with van der Waals surface area (Å²) < 4.78 is 25.8. The fourth-order valence-corrected chi connectivity index (χ4v) is 2.85. The number of rotatable bonds is 10. The summed E-state index contributed by atoms with van der Waals surface area (Å²) in [6, 6.07) is 16.4. The molecule has 0 aliphatic carbocycles. The number of benzene rings is 2. The summed E-state index contributed by atoms with van der Waals surface area (Å²) in [5.74, 6) is 0.843. The van der Waals surface area contributed by atoms with Crippen LogP contribution < -0.4 is 20.3 Å². The minimum Gasteiger partial charge on any atom is -0.492 e. The first-order valence-corrected chi connectivity index (χ1v) is 10.1. The molecule has 3 rings (SSSR count). The van der Waals surface area contributed by atoms with Crippen molar-refractivity contribution in [2.24, 2.45) is 0 Å². The van der Waals surface area contributed by atoms with E-state index in [1.807, 2.05) is 0 Å². The Bertz CT molecular complexity index is 1030. The van der Waals surface area contributed by atoms with Gasteiger partial charge in [0, 0.05) is 31.0 Å². The Balaban J connectivity index is 1.53. The zero-order chi connectivity index (χ0) is 22.3. The zero-order valence-electron chi connectivity index (χ0n) is 17.7. The van der Waals surface area contributed by atoms with E-state index in [-0.39, 0.29) is 18.0 Å². The molecule has 1 heterocycles. The summed E-state index contributed by atoms with van der Waals surface area (Å²) in [6.45, 7) is 5.31. The van der Waals surface area contributed by atoms with E-state index in [2.05, 4.69) is 5.32 Å². The number of aliphatic hydroxyl groups is 1. The average molecular weight is 426 g/mol. The van der Waals surface area contributed by atoms with Crippen LogP contribution in [0.1, 0.15) is 19.4 Å². The van der Waals surface area contributed by atoms with Gasteiger partial charge in [0.1, 0.15) is 30.5 Å². The monoisotopic (exact) mass is 426 g/mol. The largest absolute Gasteiger partial charge is 0.492 e. The normalized spacial score (nSPS) is 11.4. The van der Waals surface area contributed by atoms with E-state index in [1.165, 1.54) is 22.8 Å². The molecule has 2 N–H and O–H groups in total. The molecule has 0 amide bonds. The number of pyridine rings is 1. The summed E-state index contributed by atoms with van der Waals surface area (Å²) in [6.07, 6.45) is 1.65. The third-order valence-electron chi connectivity index (χ3n) is 4.43. The molecule has 0 bridgehead atoms. The van der Waals surface area contributed by atoms with Gasteiger partial charge in [0.25, 0.3) is 5.56 Å². The number of ether oxygens (including phenoxy) is 2. The molecule has 0 saturated heterocycles. The van der Waals surface area contributed by atoms with Crippen LogP contribution in [0.5, 0.6) is 11.5 Å². The zero-order valence-corrected chi connectivity index (χ0v) is 17.7. The summed E-state index contributed by atoms with van der Waals surface area (Å²) in [5.41, 5.74) is 0.552. The second kappa shape index (κ2) is 10.2. The van der Waals surface area contributed by atoms with Crippen LogP contribution in [-0.2, 0) is 6.61 Å². The average Bonchev–Trinajstić information content (AvgIpc) is 2.73. The van der Waals surface area contributed by atoms with Gasteiger partial charge >= 0.3 is 0 Å². The van der Waals surface area contributed by atoms with E-state index in [0.29, 0.717) is 36.9 Å². The van der Waals surface area contributed by atoms with Crippen LogP contribution in [0.15, 0.2) is 71.7 Å². The second-order valence-electron chi connectivity index (χ2n) is 7.82. The Kier molecular flexibility index (Phi) is 7.44. The molecule has 31 heavy (non-hydrogen) atoms. The molecule has 0 saturated carbocycles. The van der Waals surface area contributed by atoms with Crippen molar-refractivity contribution in [1.29, 1.82) is 0 Å². The maximum absolute atomic E-state index is 13.0. The Labute approximate surface area is 180 Å². The molecule has 164 valence electrons. The van der Waals surface area contributed by atoms with Gasteiger partial charge in [0.05, 0.1) is 5.60 Å². The fraction of sp³-hybridized carbons (Fsp3) is 0.292. The predicted molar refractivity (Wildman–Crippen MR) is 117 cm³/mol. The first-order chi connectivity index (χ1) is 14.8. The lowest BCUT2D eigenvalue weighted by Crippen LogP contribution is -2.36. The third-order valence-corrected chi connectivity index (χ3v) is 4.43. The van der Waals surface area contributed by atoms with E-state index >= 15 is 0 Å². The van der Waals surface area contributed by atoms with Gasteiger partial charge in [-0.2, -0.15) is 0 Å². The molecule has 0 fully saturated rings. The maximum Gasteiger partial charge on any atom is 0.258 e. The highest BCUT2D eigenvalue weighted by molar-refractivity contribution is 5.38. The highest BCUT2D eigenvalue weighted by Crippen LogP contribution is 2.16. The quantitative estimate of drug-likeness (QED) is 0.487. The lowest BCUT2D eigenvalue weighted by atomic mass is 10.1. The maximum atomic E-state index is 13.0. The first-order valence-electron chi connectivity index (χ1n) is 10.1. The third kappa shape index (κ3) is 7.24. The molecule has 1 aromatic heterocycles. The highest BCUT2D eigenvalue weighted by atomic mass is 19.1. The van der Waals surface area contributed by atoms with Gasteiger partial charge in [-0.25, -0.2) is 4.39 Å². The van der Waals surface area contributed by atoms with Crippen LogP contribution >= 0.6 is 0 Å². The molecule has 0 atom stereocenters. The molecule has 0 aliphatic rings. The van der Waals surface area contributed by atoms with E-state index in [4.69, 9.17) is 9.47 Å². The summed E-state index contributed by atoms with van der Waals surface area (Å²) in [7, 11) is 0. The molecule has 0 aliphatic heterocycles. The predicted octanol–water partition coefficient (Wildman–Crippen LogP) is 3.29. The Morgan fingerprint density at radius 3 is 2.35 bits per heavy atom. The fourth-order valence-electron chi connectivity index (χ4n) is 2.85. The van der Waals surface area contributed by atoms with Gasteiger partial charge in [0.2, 0.25) is 0 Å². The van der Waals surface area contributed by atoms with Crippen molar-refractivity contribution < 1.29 is 19.0 Å². The number of hydrogen-bond acceptors (Lipinski definition) is 5. The van der Waals surface area contributed by atoms with Crippen LogP contribution in [0, 0.1) is 5.82 Å². The molecular formula is C24H27FN2O4. The first kappa shape index (κ1) is 22.5. The second-order valence-corrected chi connectivity index (χ2v) is 7.82. The smallest absolute Gasteiger partial charge is 0.258 e. The van der Waals surface area contributed by atoms with Crippen molar-refractivity contribution >= 4 is 0 Å². The molecule has 3 aromatic rings. The molecule has 6 nitrogen and oxygen atoms in total.